The number of halogens is 3. The quantitative estimate of drug-likeness (QED) is 0.416. The normalized spacial score (nSPS) is 15.3. The highest BCUT2D eigenvalue weighted by molar-refractivity contribution is 9.10. The molecule has 1 heterocycles. The zero-order valence-corrected chi connectivity index (χ0v) is 19.4. The Morgan fingerprint density at radius 1 is 1.21 bits per heavy atom. The van der Waals surface area contributed by atoms with Crippen molar-refractivity contribution in [2.24, 2.45) is 0 Å². The number of carbonyl (C=O) groups is 2. The number of nitrogens with zero attached hydrogens (tertiary/aromatic N) is 1. The fourth-order valence-electron chi connectivity index (χ4n) is 2.72. The molecule has 1 saturated heterocycles. The number of rotatable bonds is 6. The lowest BCUT2D eigenvalue weighted by Gasteiger charge is -2.14. The Morgan fingerprint density at radius 2 is 1.97 bits per heavy atom. The molecule has 0 bridgehead atoms. The van der Waals surface area contributed by atoms with E-state index in [2.05, 4.69) is 15.9 Å². The molecule has 0 atom stereocenters. The van der Waals surface area contributed by atoms with E-state index in [1.165, 1.54) is 7.11 Å². The van der Waals surface area contributed by atoms with E-state index in [1.54, 1.807) is 36.4 Å². The minimum atomic E-state index is -0.380. The van der Waals surface area contributed by atoms with Gasteiger partial charge in [-0.3, -0.25) is 14.5 Å². The number of amides is 2. The number of carbonyl (C=O) groups excluding carboxylic acids is 2. The molecule has 3 rings (SSSR count). The van der Waals surface area contributed by atoms with Crippen molar-refractivity contribution in [2.45, 2.75) is 13.5 Å². The summed E-state index contributed by atoms with van der Waals surface area (Å²) in [6, 6.07) is 8.50. The van der Waals surface area contributed by atoms with E-state index in [4.69, 9.17) is 32.7 Å². The molecule has 0 N–H and O–H groups in total. The smallest absolute Gasteiger partial charge is 0.293 e. The summed E-state index contributed by atoms with van der Waals surface area (Å²) >= 11 is 16.4. The first-order chi connectivity index (χ1) is 13.8. The highest BCUT2D eigenvalue weighted by atomic mass is 79.9. The van der Waals surface area contributed by atoms with Crippen LogP contribution in [0.15, 0.2) is 39.7 Å². The molecule has 0 aromatic heterocycles. The van der Waals surface area contributed by atoms with E-state index in [9.17, 15) is 9.59 Å². The third-order valence-corrected chi connectivity index (χ3v) is 6.14. The Balaban J connectivity index is 1.87. The van der Waals surface area contributed by atoms with Gasteiger partial charge < -0.3 is 9.47 Å². The molecule has 1 fully saturated rings. The number of ether oxygens (including phenoxy) is 2. The molecule has 2 amide bonds. The van der Waals surface area contributed by atoms with Crippen molar-refractivity contribution in [3.05, 3.63) is 60.9 Å². The Labute approximate surface area is 191 Å². The van der Waals surface area contributed by atoms with Crippen molar-refractivity contribution in [1.29, 1.82) is 0 Å². The summed E-state index contributed by atoms with van der Waals surface area (Å²) in [5, 5.41) is 0.535. The van der Waals surface area contributed by atoms with Crippen LogP contribution in [0.4, 0.5) is 4.79 Å². The Kier molecular flexibility index (Phi) is 7.16. The maximum atomic E-state index is 12.8. The third kappa shape index (κ3) is 4.91. The Bertz CT molecular complexity index is 1010. The van der Waals surface area contributed by atoms with Crippen LogP contribution < -0.4 is 9.47 Å². The molecule has 0 unspecified atom stereocenters. The highest BCUT2D eigenvalue weighted by Crippen LogP contribution is 2.39. The van der Waals surface area contributed by atoms with Crippen LogP contribution in [-0.2, 0) is 11.3 Å². The fraction of sp³-hybridized carbons (Fsp3) is 0.200. The second kappa shape index (κ2) is 9.43. The van der Waals surface area contributed by atoms with E-state index in [0.717, 1.165) is 16.7 Å². The third-order valence-electron chi connectivity index (χ3n) is 4.06. The van der Waals surface area contributed by atoms with Crippen LogP contribution >= 0.6 is 50.9 Å². The number of imide groups is 1. The van der Waals surface area contributed by atoms with Crippen molar-refractivity contribution in [3.63, 3.8) is 0 Å². The lowest BCUT2D eigenvalue weighted by Crippen LogP contribution is -2.27. The largest absolute Gasteiger partial charge is 0.493 e. The maximum Gasteiger partial charge on any atom is 0.293 e. The summed E-state index contributed by atoms with van der Waals surface area (Å²) in [4.78, 5) is 26.7. The van der Waals surface area contributed by atoms with Gasteiger partial charge in [-0.2, -0.15) is 0 Å². The van der Waals surface area contributed by atoms with E-state index in [0.29, 0.717) is 48.7 Å². The molecule has 2 aromatic rings. The monoisotopic (exact) mass is 515 g/mol. The van der Waals surface area contributed by atoms with Gasteiger partial charge in [0.25, 0.3) is 11.1 Å². The highest BCUT2D eigenvalue weighted by Gasteiger charge is 2.35. The van der Waals surface area contributed by atoms with Crippen LogP contribution in [0.3, 0.4) is 0 Å². The molecule has 152 valence electrons. The molecule has 1 aliphatic heterocycles. The van der Waals surface area contributed by atoms with Crippen LogP contribution in [0.5, 0.6) is 11.5 Å². The van der Waals surface area contributed by atoms with Gasteiger partial charge in [0.1, 0.15) is 0 Å². The van der Waals surface area contributed by atoms with Crippen LogP contribution in [0.25, 0.3) is 6.08 Å². The van der Waals surface area contributed by atoms with Gasteiger partial charge in [0, 0.05) is 10.0 Å². The molecule has 0 radical (unpaired) electrons. The molecule has 9 heteroatoms. The summed E-state index contributed by atoms with van der Waals surface area (Å²) in [6.07, 6.45) is 1.65. The van der Waals surface area contributed by atoms with Crippen LogP contribution in [0.1, 0.15) is 18.1 Å². The SMILES string of the molecule is CCOc1c(Br)cc(/C=C2/SC(=O)N(Cc3ccc(Cl)cc3Cl)C2=O)cc1OC. The van der Waals surface area contributed by atoms with E-state index in [-0.39, 0.29) is 17.7 Å². The van der Waals surface area contributed by atoms with Gasteiger partial charge in [0.2, 0.25) is 0 Å². The average molecular weight is 517 g/mol. The second-order valence-corrected chi connectivity index (χ2v) is 8.66. The molecule has 0 spiro atoms. The topological polar surface area (TPSA) is 55.8 Å². The van der Waals surface area contributed by atoms with Crippen molar-refractivity contribution in [1.82, 2.24) is 4.90 Å². The fourth-order valence-corrected chi connectivity index (χ4v) is 4.60. The summed E-state index contributed by atoms with van der Waals surface area (Å²) in [7, 11) is 1.54. The lowest BCUT2D eigenvalue weighted by molar-refractivity contribution is -0.123. The number of hydrogen-bond donors (Lipinski definition) is 0. The Hall–Kier alpha value is -1.67. The zero-order valence-electron chi connectivity index (χ0n) is 15.5. The first-order valence-corrected chi connectivity index (χ1v) is 10.9. The van der Waals surface area contributed by atoms with Gasteiger partial charge in [-0.15, -0.1) is 0 Å². The predicted molar refractivity (Wildman–Crippen MR) is 120 cm³/mol. The van der Waals surface area contributed by atoms with Crippen LogP contribution in [-0.4, -0.2) is 29.8 Å². The van der Waals surface area contributed by atoms with Gasteiger partial charge in [0.15, 0.2) is 11.5 Å². The summed E-state index contributed by atoms with van der Waals surface area (Å²) in [5.74, 6) is 0.729. The maximum absolute atomic E-state index is 12.8. The van der Waals surface area contributed by atoms with E-state index in [1.807, 2.05) is 6.92 Å². The predicted octanol–water partition coefficient (Wildman–Crippen LogP) is 6.40. The van der Waals surface area contributed by atoms with Crippen molar-refractivity contribution >= 4 is 68.1 Å². The average Bonchev–Trinajstić information content (AvgIpc) is 2.93. The number of methoxy groups -OCH3 is 1. The molecule has 0 aliphatic carbocycles. The zero-order chi connectivity index (χ0) is 21.1. The van der Waals surface area contributed by atoms with Gasteiger partial charge in [-0.05, 0) is 76.1 Å². The van der Waals surface area contributed by atoms with Gasteiger partial charge in [0.05, 0.1) is 29.6 Å². The second-order valence-electron chi connectivity index (χ2n) is 5.97. The molecule has 0 saturated carbocycles. The molecule has 29 heavy (non-hydrogen) atoms. The number of hydrogen-bond acceptors (Lipinski definition) is 5. The summed E-state index contributed by atoms with van der Waals surface area (Å²) in [5.41, 5.74) is 1.34. The minimum Gasteiger partial charge on any atom is -0.493 e. The first kappa shape index (κ1) is 22.0. The van der Waals surface area contributed by atoms with E-state index < -0.39 is 0 Å². The standard InChI is InChI=1S/C20H16BrCl2NO4S/c1-3-28-18-14(21)6-11(7-16(18)27-2)8-17-19(25)24(20(26)29-17)10-12-4-5-13(22)9-15(12)23/h4-9H,3,10H2,1-2H3/b17-8+. The summed E-state index contributed by atoms with van der Waals surface area (Å²) < 4.78 is 11.6. The Morgan fingerprint density at radius 3 is 2.62 bits per heavy atom. The van der Waals surface area contributed by atoms with Gasteiger partial charge in [-0.1, -0.05) is 29.3 Å². The van der Waals surface area contributed by atoms with Crippen LogP contribution in [0.2, 0.25) is 10.0 Å². The first-order valence-electron chi connectivity index (χ1n) is 8.53. The van der Waals surface area contributed by atoms with Gasteiger partial charge in [-0.25, -0.2) is 0 Å². The molecule has 2 aromatic carbocycles. The molecular weight excluding hydrogens is 501 g/mol. The molecule has 5 nitrogen and oxygen atoms in total. The van der Waals surface area contributed by atoms with Crippen molar-refractivity contribution in [3.8, 4) is 11.5 Å². The number of thioether (sulfide) groups is 1. The van der Waals surface area contributed by atoms with Crippen LogP contribution in [0, 0.1) is 0 Å². The minimum absolute atomic E-state index is 0.0777. The lowest BCUT2D eigenvalue weighted by atomic mass is 10.1. The summed E-state index contributed by atoms with van der Waals surface area (Å²) in [6.45, 7) is 2.44. The van der Waals surface area contributed by atoms with Crippen molar-refractivity contribution in [2.75, 3.05) is 13.7 Å². The number of benzene rings is 2. The van der Waals surface area contributed by atoms with Crippen molar-refractivity contribution < 1.29 is 19.1 Å². The molecule has 1 aliphatic rings. The van der Waals surface area contributed by atoms with Gasteiger partial charge >= 0.3 is 0 Å². The van der Waals surface area contributed by atoms with E-state index >= 15 is 0 Å². The molecular formula is C20H16BrCl2NO4S.